The molecule has 2 heterocycles. The SMILES string of the molecule is CCNC(=NCC1CN2CCCC2CO1)NCCCNC(=O)OC(C)(C)C.I. The Morgan fingerprint density at radius 2 is 2.00 bits per heavy atom. The molecular weight excluding hydrogens is 473 g/mol. The van der Waals surface area contributed by atoms with Crippen molar-refractivity contribution in [1.29, 1.82) is 0 Å². The highest BCUT2D eigenvalue weighted by molar-refractivity contribution is 14.0. The zero-order chi connectivity index (χ0) is 19.7. The third-order valence-electron chi connectivity index (χ3n) is 4.57. The van der Waals surface area contributed by atoms with Gasteiger partial charge in [0.2, 0.25) is 0 Å². The first-order valence-corrected chi connectivity index (χ1v) is 10.2. The summed E-state index contributed by atoms with van der Waals surface area (Å²) in [6, 6.07) is 0.620. The number of carbonyl (C=O) groups is 1. The molecule has 2 saturated heterocycles. The van der Waals surface area contributed by atoms with Gasteiger partial charge in [-0.3, -0.25) is 9.89 Å². The van der Waals surface area contributed by atoms with E-state index in [0.29, 0.717) is 19.1 Å². The van der Waals surface area contributed by atoms with Crippen molar-refractivity contribution in [2.75, 3.05) is 45.9 Å². The van der Waals surface area contributed by atoms with Crippen molar-refractivity contribution >= 4 is 36.0 Å². The lowest BCUT2D eigenvalue weighted by Crippen LogP contribution is -2.47. The molecule has 2 aliphatic rings. The summed E-state index contributed by atoms with van der Waals surface area (Å²) in [7, 11) is 0. The van der Waals surface area contributed by atoms with Gasteiger partial charge in [0.15, 0.2) is 5.96 Å². The van der Waals surface area contributed by atoms with Crippen molar-refractivity contribution in [3.8, 4) is 0 Å². The smallest absolute Gasteiger partial charge is 0.407 e. The zero-order valence-corrected chi connectivity index (χ0v) is 20.1. The van der Waals surface area contributed by atoms with Crippen LogP contribution in [0.2, 0.25) is 0 Å². The maximum atomic E-state index is 11.6. The van der Waals surface area contributed by atoms with Gasteiger partial charge >= 0.3 is 6.09 Å². The second kappa shape index (κ2) is 12.7. The number of carbonyl (C=O) groups excluding carboxylic acids is 1. The van der Waals surface area contributed by atoms with Crippen LogP contribution in [0, 0.1) is 0 Å². The Hall–Kier alpha value is -0.810. The topological polar surface area (TPSA) is 87.2 Å². The molecule has 0 aromatic heterocycles. The molecule has 2 unspecified atom stereocenters. The fourth-order valence-electron chi connectivity index (χ4n) is 3.33. The van der Waals surface area contributed by atoms with Gasteiger partial charge < -0.3 is 25.4 Å². The second-order valence-corrected chi connectivity index (χ2v) is 8.17. The van der Waals surface area contributed by atoms with E-state index in [2.05, 4.69) is 25.8 Å². The molecule has 2 fully saturated rings. The Bertz CT molecular complexity index is 498. The molecule has 8 nitrogen and oxygen atoms in total. The van der Waals surface area contributed by atoms with E-state index in [1.807, 2.05) is 27.7 Å². The normalized spacial score (nSPS) is 22.8. The summed E-state index contributed by atoms with van der Waals surface area (Å²) >= 11 is 0. The molecule has 0 radical (unpaired) electrons. The largest absolute Gasteiger partial charge is 0.444 e. The summed E-state index contributed by atoms with van der Waals surface area (Å²) in [6.07, 6.45) is 3.13. The Morgan fingerprint density at radius 1 is 1.25 bits per heavy atom. The number of rotatable bonds is 7. The molecular formula is C19H38IN5O3. The van der Waals surface area contributed by atoms with Crippen LogP contribution in [0.3, 0.4) is 0 Å². The monoisotopic (exact) mass is 511 g/mol. The number of hydrogen-bond acceptors (Lipinski definition) is 5. The number of ether oxygens (including phenoxy) is 2. The number of nitrogens with one attached hydrogen (secondary N) is 3. The highest BCUT2D eigenvalue weighted by Gasteiger charge is 2.31. The molecule has 28 heavy (non-hydrogen) atoms. The highest BCUT2D eigenvalue weighted by Crippen LogP contribution is 2.22. The lowest BCUT2D eigenvalue weighted by molar-refractivity contribution is -0.0432. The van der Waals surface area contributed by atoms with Gasteiger partial charge in [0.05, 0.1) is 19.3 Å². The van der Waals surface area contributed by atoms with Gasteiger partial charge in [0.1, 0.15) is 5.60 Å². The Kier molecular flexibility index (Phi) is 11.4. The first-order chi connectivity index (χ1) is 12.9. The summed E-state index contributed by atoms with van der Waals surface area (Å²) in [5.74, 6) is 0.793. The molecule has 2 aliphatic heterocycles. The molecule has 2 rings (SSSR count). The molecule has 0 spiro atoms. The van der Waals surface area contributed by atoms with Crippen molar-refractivity contribution in [1.82, 2.24) is 20.9 Å². The predicted molar refractivity (Wildman–Crippen MR) is 123 cm³/mol. The summed E-state index contributed by atoms with van der Waals surface area (Å²) in [5, 5.41) is 9.33. The summed E-state index contributed by atoms with van der Waals surface area (Å²) in [6.45, 7) is 13.4. The summed E-state index contributed by atoms with van der Waals surface area (Å²) < 4.78 is 11.2. The summed E-state index contributed by atoms with van der Waals surface area (Å²) in [4.78, 5) is 18.8. The zero-order valence-electron chi connectivity index (χ0n) is 17.8. The van der Waals surface area contributed by atoms with E-state index in [4.69, 9.17) is 9.47 Å². The minimum atomic E-state index is -0.469. The van der Waals surface area contributed by atoms with E-state index in [-0.39, 0.29) is 36.2 Å². The molecule has 9 heteroatoms. The van der Waals surface area contributed by atoms with Crippen molar-refractivity contribution in [2.45, 2.75) is 64.7 Å². The van der Waals surface area contributed by atoms with Gasteiger partial charge in [0, 0.05) is 32.2 Å². The number of aliphatic imine (C=N–C) groups is 1. The summed E-state index contributed by atoms with van der Waals surface area (Å²) in [5.41, 5.74) is -0.469. The van der Waals surface area contributed by atoms with Gasteiger partial charge in [-0.05, 0) is 53.5 Å². The van der Waals surface area contributed by atoms with E-state index in [9.17, 15) is 4.79 Å². The number of morpholine rings is 1. The van der Waals surface area contributed by atoms with E-state index < -0.39 is 5.60 Å². The van der Waals surface area contributed by atoms with Crippen LogP contribution in [0.4, 0.5) is 4.79 Å². The molecule has 0 bridgehead atoms. The van der Waals surface area contributed by atoms with Gasteiger partial charge in [-0.2, -0.15) is 0 Å². The minimum absolute atomic E-state index is 0. The molecule has 1 amide bonds. The van der Waals surface area contributed by atoms with Crippen LogP contribution in [0.1, 0.15) is 47.0 Å². The molecule has 2 atom stereocenters. The third-order valence-corrected chi connectivity index (χ3v) is 4.57. The van der Waals surface area contributed by atoms with E-state index in [1.54, 1.807) is 0 Å². The van der Waals surface area contributed by atoms with Crippen molar-refractivity contribution in [3.63, 3.8) is 0 Å². The van der Waals surface area contributed by atoms with Gasteiger partial charge in [0.25, 0.3) is 0 Å². The number of nitrogens with zero attached hydrogens (tertiary/aromatic N) is 2. The van der Waals surface area contributed by atoms with Crippen LogP contribution < -0.4 is 16.0 Å². The molecule has 3 N–H and O–H groups in total. The molecule has 0 aromatic rings. The Labute approximate surface area is 186 Å². The number of guanidine groups is 1. The van der Waals surface area contributed by atoms with Crippen LogP contribution in [-0.4, -0.2) is 80.6 Å². The van der Waals surface area contributed by atoms with E-state index >= 15 is 0 Å². The lowest BCUT2D eigenvalue weighted by Gasteiger charge is -2.34. The van der Waals surface area contributed by atoms with Crippen LogP contribution in [0.15, 0.2) is 4.99 Å². The van der Waals surface area contributed by atoms with Crippen molar-refractivity contribution < 1.29 is 14.3 Å². The Balaban J connectivity index is 0.00000392. The fourth-order valence-corrected chi connectivity index (χ4v) is 3.33. The van der Waals surface area contributed by atoms with Crippen LogP contribution in [0.5, 0.6) is 0 Å². The average molecular weight is 511 g/mol. The highest BCUT2D eigenvalue weighted by atomic mass is 127. The van der Waals surface area contributed by atoms with E-state index in [1.165, 1.54) is 19.4 Å². The first-order valence-electron chi connectivity index (χ1n) is 10.2. The number of halogens is 1. The fraction of sp³-hybridized carbons (Fsp3) is 0.895. The molecule has 164 valence electrons. The second-order valence-electron chi connectivity index (χ2n) is 8.17. The van der Waals surface area contributed by atoms with Gasteiger partial charge in [-0.25, -0.2) is 4.79 Å². The standard InChI is InChI=1S/C19H37N5O3.HI/c1-5-20-17(21-9-7-10-22-18(25)27-19(2,3)4)23-12-16-13-24-11-6-8-15(24)14-26-16;/h15-16H,5-14H2,1-4H3,(H,22,25)(H2,20,21,23);1H. The molecule has 0 saturated carbocycles. The van der Waals surface area contributed by atoms with Crippen LogP contribution in [0.25, 0.3) is 0 Å². The number of alkyl carbamates (subject to hydrolysis) is 1. The predicted octanol–water partition coefficient (Wildman–Crippen LogP) is 1.94. The number of fused-ring (bicyclic) bond motifs is 1. The van der Waals surface area contributed by atoms with Crippen LogP contribution >= 0.6 is 24.0 Å². The average Bonchev–Trinajstić information content (AvgIpc) is 3.05. The maximum Gasteiger partial charge on any atom is 0.407 e. The first kappa shape index (κ1) is 25.2. The van der Waals surface area contributed by atoms with Crippen molar-refractivity contribution in [2.24, 2.45) is 4.99 Å². The Morgan fingerprint density at radius 3 is 2.71 bits per heavy atom. The van der Waals surface area contributed by atoms with Crippen LogP contribution in [-0.2, 0) is 9.47 Å². The van der Waals surface area contributed by atoms with Gasteiger partial charge in [-0.1, -0.05) is 0 Å². The molecule has 0 aliphatic carbocycles. The third kappa shape index (κ3) is 9.60. The van der Waals surface area contributed by atoms with Gasteiger partial charge in [-0.15, -0.1) is 24.0 Å². The number of amides is 1. The maximum absolute atomic E-state index is 11.6. The van der Waals surface area contributed by atoms with Crippen molar-refractivity contribution in [3.05, 3.63) is 0 Å². The minimum Gasteiger partial charge on any atom is -0.444 e. The molecule has 0 aromatic carbocycles. The quantitative estimate of drug-likeness (QED) is 0.210. The number of hydrogen-bond donors (Lipinski definition) is 3. The lowest BCUT2D eigenvalue weighted by atomic mass is 10.2. The van der Waals surface area contributed by atoms with E-state index in [0.717, 1.165) is 38.6 Å².